The minimum absolute atomic E-state index is 0. The summed E-state index contributed by atoms with van der Waals surface area (Å²) in [5.41, 5.74) is 11.3. The standard InChI is InChI=1S/C6H14N2.H4O7P2.Pt/c7-5-3-1-2-4-6(5)8;1-8(2,3)7-9(4,5)6;/h5-6H,1-4,7-8H2;(H2,1,2,3)(H2,4,5,6);/q;;+4/p-4. The molecule has 110 valence electrons. The van der Waals surface area contributed by atoms with Crippen molar-refractivity contribution in [2.24, 2.45) is 11.5 Å². The average molecular weight is 483 g/mol. The molecule has 12 heteroatoms. The first-order valence-corrected chi connectivity index (χ1v) is 7.70. The van der Waals surface area contributed by atoms with E-state index in [9.17, 15) is 28.7 Å². The zero-order valence-electron chi connectivity index (χ0n) is 9.21. The van der Waals surface area contributed by atoms with E-state index in [1.54, 1.807) is 0 Å². The van der Waals surface area contributed by atoms with Gasteiger partial charge in [-0.15, -0.1) is 0 Å². The van der Waals surface area contributed by atoms with Crippen LogP contribution in [0, 0.1) is 0 Å². The van der Waals surface area contributed by atoms with Crippen LogP contribution in [0.5, 0.6) is 0 Å². The Balaban J connectivity index is 0. The van der Waals surface area contributed by atoms with Crippen molar-refractivity contribution < 1.29 is 54.1 Å². The second kappa shape index (κ2) is 8.92. The third-order valence-electron chi connectivity index (χ3n) is 2.07. The van der Waals surface area contributed by atoms with Gasteiger partial charge in [-0.05, 0) is 12.8 Å². The molecule has 1 aliphatic rings. The maximum Gasteiger partial charge on any atom is 4.00 e. The molecular weight excluding hydrogens is 469 g/mol. The SMILES string of the molecule is NC1CCCCC1N.O=P([O-])([O-])OP(=O)([O-])[O-].[Pt+4]. The summed E-state index contributed by atoms with van der Waals surface area (Å²) >= 11 is 0. The number of phosphoric acid groups is 2. The van der Waals surface area contributed by atoms with Crippen LogP contribution < -0.4 is 31.0 Å². The van der Waals surface area contributed by atoms with Gasteiger partial charge >= 0.3 is 21.1 Å². The quantitative estimate of drug-likeness (QED) is 0.383. The first-order valence-electron chi connectivity index (χ1n) is 4.78. The van der Waals surface area contributed by atoms with Crippen LogP contribution in [-0.4, -0.2) is 12.1 Å². The minimum Gasteiger partial charge on any atom is -0.790 e. The summed E-state index contributed by atoms with van der Waals surface area (Å²) in [4.78, 5) is 37.3. The van der Waals surface area contributed by atoms with Gasteiger partial charge in [0.05, 0.1) is 15.6 Å². The number of hydrogen-bond acceptors (Lipinski definition) is 9. The van der Waals surface area contributed by atoms with Crippen LogP contribution in [-0.2, 0) is 34.5 Å². The fraction of sp³-hybridized carbons (Fsp3) is 1.00. The molecular formula is C6H14N2O7P2Pt. The van der Waals surface area contributed by atoms with Crippen molar-refractivity contribution in [3.8, 4) is 0 Å². The molecule has 0 aliphatic heterocycles. The molecule has 0 aromatic heterocycles. The molecule has 9 nitrogen and oxygen atoms in total. The van der Waals surface area contributed by atoms with E-state index in [-0.39, 0.29) is 33.1 Å². The van der Waals surface area contributed by atoms with Crippen molar-refractivity contribution in [1.29, 1.82) is 0 Å². The van der Waals surface area contributed by atoms with Crippen LogP contribution in [0.25, 0.3) is 0 Å². The number of rotatable bonds is 2. The van der Waals surface area contributed by atoms with Gasteiger partial charge in [-0.25, -0.2) is 0 Å². The van der Waals surface area contributed by atoms with E-state index in [1.165, 1.54) is 12.8 Å². The molecule has 0 aromatic rings. The van der Waals surface area contributed by atoms with E-state index < -0.39 is 15.6 Å². The number of hydrogen-bond donors (Lipinski definition) is 2. The third-order valence-corrected chi connectivity index (χ3v) is 3.67. The Bertz CT molecular complexity index is 289. The molecule has 1 saturated carbocycles. The van der Waals surface area contributed by atoms with Crippen molar-refractivity contribution in [2.75, 3.05) is 0 Å². The maximum absolute atomic E-state index is 9.32. The number of nitrogens with two attached hydrogens (primary N) is 2. The van der Waals surface area contributed by atoms with Gasteiger partial charge in [-0.1, -0.05) is 12.8 Å². The molecule has 0 bridgehead atoms. The molecule has 0 amide bonds. The molecule has 0 heterocycles. The Labute approximate surface area is 119 Å². The van der Waals surface area contributed by atoms with E-state index in [0.29, 0.717) is 0 Å². The fourth-order valence-electron chi connectivity index (χ4n) is 1.31. The zero-order valence-corrected chi connectivity index (χ0v) is 13.3. The summed E-state index contributed by atoms with van der Waals surface area (Å²) in [6.07, 6.45) is 4.80. The van der Waals surface area contributed by atoms with E-state index in [2.05, 4.69) is 4.31 Å². The van der Waals surface area contributed by atoms with Gasteiger partial charge in [0.25, 0.3) is 0 Å². The monoisotopic (exact) mass is 483 g/mol. The smallest absolute Gasteiger partial charge is 0.790 e. The second-order valence-corrected chi connectivity index (χ2v) is 6.03. The van der Waals surface area contributed by atoms with E-state index in [0.717, 1.165) is 12.8 Å². The predicted octanol–water partition coefficient (Wildman–Crippen LogP) is -3.13. The molecule has 4 N–H and O–H groups in total. The van der Waals surface area contributed by atoms with Crippen LogP contribution in [0.15, 0.2) is 0 Å². The Morgan fingerprint density at radius 1 is 0.889 bits per heavy atom. The van der Waals surface area contributed by atoms with Gasteiger partial charge in [0.2, 0.25) is 0 Å². The van der Waals surface area contributed by atoms with Crippen LogP contribution in [0.2, 0.25) is 0 Å². The van der Waals surface area contributed by atoms with Gasteiger partial charge < -0.3 is 44.5 Å². The second-order valence-electron chi connectivity index (χ2n) is 3.59. The van der Waals surface area contributed by atoms with Gasteiger partial charge in [0.1, 0.15) is 0 Å². The van der Waals surface area contributed by atoms with Crippen LogP contribution in [0.3, 0.4) is 0 Å². The molecule has 0 aromatic carbocycles. The van der Waals surface area contributed by atoms with Crippen LogP contribution in [0.1, 0.15) is 25.7 Å². The normalized spacial score (nSPS) is 24.6. The molecule has 0 spiro atoms. The van der Waals surface area contributed by atoms with Gasteiger partial charge in [0, 0.05) is 12.1 Å². The Kier molecular flexibility index (Phi) is 10.5. The summed E-state index contributed by atoms with van der Waals surface area (Å²) in [7, 11) is -11.4. The third kappa shape index (κ3) is 13.3. The summed E-state index contributed by atoms with van der Waals surface area (Å²) in [6, 6.07) is 0.562. The Morgan fingerprint density at radius 3 is 1.28 bits per heavy atom. The molecule has 18 heavy (non-hydrogen) atoms. The topological polar surface area (TPSA) is 188 Å². The van der Waals surface area contributed by atoms with Crippen LogP contribution >= 0.6 is 15.6 Å². The molecule has 0 radical (unpaired) electrons. The molecule has 1 rings (SSSR count). The van der Waals surface area contributed by atoms with Gasteiger partial charge in [-0.3, -0.25) is 0 Å². The zero-order chi connectivity index (χ0) is 13.7. The first kappa shape index (κ1) is 21.2. The van der Waals surface area contributed by atoms with Crippen LogP contribution in [0.4, 0.5) is 0 Å². The molecule has 2 atom stereocenters. The van der Waals surface area contributed by atoms with Gasteiger partial charge in [-0.2, -0.15) is 0 Å². The molecule has 0 saturated heterocycles. The fourth-order valence-corrected chi connectivity index (χ4v) is 2.29. The van der Waals surface area contributed by atoms with Crippen molar-refractivity contribution in [2.45, 2.75) is 37.8 Å². The maximum atomic E-state index is 9.32. The van der Waals surface area contributed by atoms with Gasteiger partial charge in [0.15, 0.2) is 0 Å². The molecule has 2 unspecified atom stereocenters. The van der Waals surface area contributed by atoms with Crippen molar-refractivity contribution in [1.82, 2.24) is 0 Å². The van der Waals surface area contributed by atoms with E-state index >= 15 is 0 Å². The average Bonchev–Trinajstić information content (AvgIpc) is 2.04. The summed E-state index contributed by atoms with van der Waals surface area (Å²) in [5, 5.41) is 0. The van der Waals surface area contributed by atoms with Crippen molar-refractivity contribution in [3.05, 3.63) is 0 Å². The molecule has 1 fully saturated rings. The largest absolute Gasteiger partial charge is 4.00 e. The molecule has 1 aliphatic carbocycles. The van der Waals surface area contributed by atoms with E-state index in [4.69, 9.17) is 11.5 Å². The van der Waals surface area contributed by atoms with Crippen molar-refractivity contribution >= 4 is 15.6 Å². The summed E-state index contributed by atoms with van der Waals surface area (Å²) < 4.78 is 21.2. The first-order chi connectivity index (χ1) is 7.51. The van der Waals surface area contributed by atoms with Crippen molar-refractivity contribution in [3.63, 3.8) is 0 Å². The summed E-state index contributed by atoms with van der Waals surface area (Å²) in [6.45, 7) is 0. The Morgan fingerprint density at radius 2 is 1.17 bits per heavy atom. The Hall–Kier alpha value is 0.868. The summed E-state index contributed by atoms with van der Waals surface area (Å²) in [5.74, 6) is 0. The van der Waals surface area contributed by atoms with E-state index in [1.807, 2.05) is 0 Å². The predicted molar refractivity (Wildman–Crippen MR) is 50.7 cm³/mol. The minimum atomic E-state index is -5.68.